The van der Waals surface area contributed by atoms with E-state index in [1.54, 1.807) is 0 Å². The molecule has 0 heterocycles. The smallest absolute Gasteiger partial charge is 0.345 e. The molecule has 1 aliphatic rings. The summed E-state index contributed by atoms with van der Waals surface area (Å²) in [5.41, 5.74) is -1.64. The van der Waals surface area contributed by atoms with Crippen LogP contribution < -0.4 is 0 Å². The highest BCUT2D eigenvalue weighted by atomic mass is 16.6. The van der Waals surface area contributed by atoms with Crippen LogP contribution in [0.5, 0.6) is 0 Å². The summed E-state index contributed by atoms with van der Waals surface area (Å²) in [5, 5.41) is 19.6. The number of aliphatic hydroxyl groups is 2. The second-order valence-corrected chi connectivity index (χ2v) is 7.13. The summed E-state index contributed by atoms with van der Waals surface area (Å²) in [6.45, 7) is 9.09. The van der Waals surface area contributed by atoms with Gasteiger partial charge in [0, 0.05) is 0 Å². The van der Waals surface area contributed by atoms with Gasteiger partial charge in [0.1, 0.15) is 6.10 Å². The molecule has 2 N–H and O–H groups in total. The number of aliphatic hydroxyl groups excluding tert-OH is 1. The SMILES string of the molecule is CC(O)C(=O)OC(=O)C(C)(O)C1CCCC(C)(C(C)C)C1. The first-order valence-electron chi connectivity index (χ1n) is 7.67. The number of esters is 2. The molecule has 122 valence electrons. The molecule has 21 heavy (non-hydrogen) atoms. The highest BCUT2D eigenvalue weighted by molar-refractivity contribution is 5.91. The highest BCUT2D eigenvalue weighted by Gasteiger charge is 2.47. The first kappa shape index (κ1) is 18.1. The predicted molar refractivity (Wildman–Crippen MR) is 78.3 cm³/mol. The Morgan fingerprint density at radius 3 is 2.38 bits per heavy atom. The molecule has 4 atom stereocenters. The maximum absolute atomic E-state index is 12.1. The average molecular weight is 300 g/mol. The zero-order valence-corrected chi connectivity index (χ0v) is 13.7. The molecule has 0 saturated heterocycles. The number of carbonyl (C=O) groups is 2. The van der Waals surface area contributed by atoms with Gasteiger partial charge in [0.25, 0.3) is 0 Å². The van der Waals surface area contributed by atoms with E-state index in [2.05, 4.69) is 25.5 Å². The fraction of sp³-hybridized carbons (Fsp3) is 0.875. The molecule has 1 saturated carbocycles. The van der Waals surface area contributed by atoms with E-state index in [0.29, 0.717) is 5.92 Å². The average Bonchev–Trinajstić information content (AvgIpc) is 2.38. The normalized spacial score (nSPS) is 30.6. The van der Waals surface area contributed by atoms with Crippen LogP contribution in [0.4, 0.5) is 0 Å². The van der Waals surface area contributed by atoms with Crippen molar-refractivity contribution < 1.29 is 24.5 Å². The Hall–Kier alpha value is -0.940. The van der Waals surface area contributed by atoms with Crippen LogP contribution in [0.15, 0.2) is 0 Å². The number of ether oxygens (including phenoxy) is 1. The van der Waals surface area contributed by atoms with Gasteiger partial charge in [-0.15, -0.1) is 0 Å². The van der Waals surface area contributed by atoms with Gasteiger partial charge >= 0.3 is 11.9 Å². The quantitative estimate of drug-likeness (QED) is 0.613. The topological polar surface area (TPSA) is 83.8 Å². The van der Waals surface area contributed by atoms with E-state index in [-0.39, 0.29) is 11.3 Å². The number of rotatable bonds is 4. The summed E-state index contributed by atoms with van der Waals surface area (Å²) < 4.78 is 4.58. The van der Waals surface area contributed by atoms with E-state index in [9.17, 15) is 14.7 Å². The summed E-state index contributed by atoms with van der Waals surface area (Å²) in [6, 6.07) is 0. The van der Waals surface area contributed by atoms with E-state index >= 15 is 0 Å². The van der Waals surface area contributed by atoms with E-state index in [0.717, 1.165) is 25.7 Å². The Balaban J connectivity index is 2.82. The van der Waals surface area contributed by atoms with Crippen LogP contribution in [0.1, 0.15) is 60.3 Å². The van der Waals surface area contributed by atoms with Crippen LogP contribution in [-0.2, 0) is 14.3 Å². The molecular formula is C16H28O5. The molecule has 4 unspecified atom stereocenters. The molecule has 0 aliphatic heterocycles. The zero-order chi connectivity index (χ0) is 16.4. The van der Waals surface area contributed by atoms with Crippen molar-refractivity contribution in [2.24, 2.45) is 17.3 Å². The second kappa shape index (κ2) is 6.44. The third-order valence-electron chi connectivity index (χ3n) is 5.15. The number of hydrogen-bond donors (Lipinski definition) is 2. The predicted octanol–water partition coefficient (Wildman–Crippen LogP) is 2.04. The Morgan fingerprint density at radius 2 is 1.90 bits per heavy atom. The van der Waals surface area contributed by atoms with Gasteiger partial charge in [-0.25, -0.2) is 9.59 Å². The van der Waals surface area contributed by atoms with Gasteiger partial charge in [-0.3, -0.25) is 0 Å². The summed E-state index contributed by atoms with van der Waals surface area (Å²) in [4.78, 5) is 23.4. The van der Waals surface area contributed by atoms with Crippen LogP contribution in [0.3, 0.4) is 0 Å². The monoisotopic (exact) mass is 300 g/mol. The lowest BCUT2D eigenvalue weighted by molar-refractivity contribution is -0.183. The zero-order valence-electron chi connectivity index (χ0n) is 13.7. The molecule has 0 aromatic carbocycles. The molecule has 5 heteroatoms. The minimum Gasteiger partial charge on any atom is -0.389 e. The molecule has 0 radical (unpaired) electrons. The van der Waals surface area contributed by atoms with Crippen molar-refractivity contribution >= 4 is 11.9 Å². The summed E-state index contributed by atoms with van der Waals surface area (Å²) in [5.74, 6) is -1.78. The van der Waals surface area contributed by atoms with Crippen molar-refractivity contribution in [3.8, 4) is 0 Å². The summed E-state index contributed by atoms with van der Waals surface area (Å²) in [6.07, 6.45) is 2.08. The Labute approximate surface area is 126 Å². The van der Waals surface area contributed by atoms with Crippen molar-refractivity contribution in [3.63, 3.8) is 0 Å². The van der Waals surface area contributed by atoms with Gasteiger partial charge in [0.15, 0.2) is 5.60 Å². The van der Waals surface area contributed by atoms with E-state index < -0.39 is 23.6 Å². The van der Waals surface area contributed by atoms with E-state index in [1.807, 2.05) is 0 Å². The third kappa shape index (κ3) is 4.04. The molecule has 1 rings (SSSR count). The Bertz CT molecular complexity index is 399. The summed E-state index contributed by atoms with van der Waals surface area (Å²) >= 11 is 0. The summed E-state index contributed by atoms with van der Waals surface area (Å²) in [7, 11) is 0. The lowest BCUT2D eigenvalue weighted by atomic mass is 9.62. The molecule has 0 spiro atoms. The number of hydrogen-bond acceptors (Lipinski definition) is 5. The molecular weight excluding hydrogens is 272 g/mol. The van der Waals surface area contributed by atoms with Crippen LogP contribution in [-0.4, -0.2) is 33.9 Å². The maximum atomic E-state index is 12.1. The largest absolute Gasteiger partial charge is 0.389 e. The van der Waals surface area contributed by atoms with Crippen molar-refractivity contribution in [1.82, 2.24) is 0 Å². The highest BCUT2D eigenvalue weighted by Crippen LogP contribution is 2.47. The van der Waals surface area contributed by atoms with Crippen molar-refractivity contribution in [2.45, 2.75) is 72.0 Å². The third-order valence-corrected chi connectivity index (χ3v) is 5.15. The minimum atomic E-state index is -1.71. The second-order valence-electron chi connectivity index (χ2n) is 7.13. The standard InChI is InChI=1S/C16H28O5/c1-10(2)15(4)8-6-7-12(9-15)16(5,20)14(19)21-13(18)11(3)17/h10-12,17,20H,6-9H2,1-5H3. The molecule has 0 bridgehead atoms. The van der Waals surface area contributed by atoms with Gasteiger partial charge in [-0.2, -0.15) is 0 Å². The van der Waals surface area contributed by atoms with Gasteiger partial charge in [-0.05, 0) is 50.4 Å². The van der Waals surface area contributed by atoms with Gasteiger partial charge in [0.2, 0.25) is 0 Å². The van der Waals surface area contributed by atoms with Gasteiger partial charge < -0.3 is 14.9 Å². The Kier molecular flexibility index (Phi) is 5.56. The van der Waals surface area contributed by atoms with Gasteiger partial charge in [0.05, 0.1) is 0 Å². The van der Waals surface area contributed by atoms with Crippen LogP contribution in [0.2, 0.25) is 0 Å². The molecule has 0 aromatic rings. The minimum absolute atomic E-state index is 0.0709. The lowest BCUT2D eigenvalue weighted by Crippen LogP contribution is -2.49. The van der Waals surface area contributed by atoms with Crippen LogP contribution in [0.25, 0.3) is 0 Å². The molecule has 5 nitrogen and oxygen atoms in total. The fourth-order valence-corrected chi connectivity index (χ4v) is 2.97. The van der Waals surface area contributed by atoms with Crippen LogP contribution in [0, 0.1) is 17.3 Å². The van der Waals surface area contributed by atoms with E-state index in [4.69, 9.17) is 5.11 Å². The molecule has 0 aromatic heterocycles. The first-order chi connectivity index (χ1) is 9.50. The van der Waals surface area contributed by atoms with E-state index in [1.165, 1.54) is 13.8 Å². The maximum Gasteiger partial charge on any atom is 0.345 e. The molecule has 0 amide bonds. The van der Waals surface area contributed by atoms with Crippen molar-refractivity contribution in [3.05, 3.63) is 0 Å². The fourth-order valence-electron chi connectivity index (χ4n) is 2.97. The lowest BCUT2D eigenvalue weighted by Gasteiger charge is -2.45. The number of carbonyl (C=O) groups excluding carboxylic acids is 2. The Morgan fingerprint density at radius 1 is 1.33 bits per heavy atom. The van der Waals surface area contributed by atoms with Gasteiger partial charge in [-0.1, -0.05) is 27.2 Å². The van der Waals surface area contributed by atoms with Crippen molar-refractivity contribution in [1.29, 1.82) is 0 Å². The molecule has 1 aliphatic carbocycles. The first-order valence-corrected chi connectivity index (χ1v) is 7.67. The van der Waals surface area contributed by atoms with Crippen LogP contribution >= 0.6 is 0 Å². The molecule has 1 fully saturated rings. The van der Waals surface area contributed by atoms with Crippen molar-refractivity contribution in [2.75, 3.05) is 0 Å².